The highest BCUT2D eigenvalue weighted by Crippen LogP contribution is 2.31. The Balaban J connectivity index is 2.28. The average Bonchev–Trinajstić information content (AvgIpc) is 2.80. The minimum absolute atomic E-state index is 0.295. The summed E-state index contributed by atoms with van der Waals surface area (Å²) in [7, 11) is 1.52. The molecule has 0 saturated carbocycles. The zero-order valence-corrected chi connectivity index (χ0v) is 11.3. The number of H-pyrrole nitrogens is 1. The van der Waals surface area contributed by atoms with Gasteiger partial charge in [-0.1, -0.05) is 11.6 Å². The number of amides is 1. The van der Waals surface area contributed by atoms with Crippen LogP contribution in [0.1, 0.15) is 16.1 Å². The molecule has 0 spiro atoms. The van der Waals surface area contributed by atoms with Crippen molar-refractivity contribution < 1.29 is 9.53 Å². The maximum Gasteiger partial charge on any atom is 0.272 e. The van der Waals surface area contributed by atoms with Gasteiger partial charge in [0, 0.05) is 23.0 Å². The summed E-state index contributed by atoms with van der Waals surface area (Å²) < 4.78 is 5.19. The molecule has 6 heteroatoms. The number of rotatable bonds is 3. The number of hydrogen-bond acceptors (Lipinski definition) is 3. The summed E-state index contributed by atoms with van der Waals surface area (Å²) in [5.74, 6) is 0.209. The van der Waals surface area contributed by atoms with Crippen molar-refractivity contribution in [1.29, 1.82) is 0 Å². The SMILES string of the molecule is COc1cc(Cl)c(C)cc1NC(=O)c1cc(N)c[nH]1. The normalized spacial score (nSPS) is 10.3. The number of benzene rings is 1. The second kappa shape index (κ2) is 5.24. The number of nitrogens with one attached hydrogen (secondary N) is 2. The largest absolute Gasteiger partial charge is 0.495 e. The van der Waals surface area contributed by atoms with Crippen LogP contribution in [0.2, 0.25) is 5.02 Å². The molecule has 19 heavy (non-hydrogen) atoms. The van der Waals surface area contributed by atoms with Gasteiger partial charge in [-0.2, -0.15) is 0 Å². The van der Waals surface area contributed by atoms with Gasteiger partial charge >= 0.3 is 0 Å². The Morgan fingerprint density at radius 1 is 1.42 bits per heavy atom. The van der Waals surface area contributed by atoms with Gasteiger partial charge in [0.2, 0.25) is 0 Å². The molecule has 0 aliphatic rings. The first-order valence-corrected chi connectivity index (χ1v) is 5.98. The molecule has 2 aromatic rings. The van der Waals surface area contributed by atoms with Gasteiger partial charge in [0.1, 0.15) is 11.4 Å². The number of anilines is 2. The van der Waals surface area contributed by atoms with Gasteiger partial charge in [-0.25, -0.2) is 0 Å². The number of aromatic nitrogens is 1. The third-order valence-electron chi connectivity index (χ3n) is 2.68. The van der Waals surface area contributed by atoms with Crippen LogP contribution in [0.3, 0.4) is 0 Å². The van der Waals surface area contributed by atoms with Crippen LogP contribution in [0, 0.1) is 6.92 Å². The number of hydrogen-bond donors (Lipinski definition) is 3. The molecule has 5 nitrogen and oxygen atoms in total. The van der Waals surface area contributed by atoms with Crippen molar-refractivity contribution in [3.63, 3.8) is 0 Å². The second-order valence-electron chi connectivity index (χ2n) is 4.10. The highest BCUT2D eigenvalue weighted by molar-refractivity contribution is 6.31. The second-order valence-corrected chi connectivity index (χ2v) is 4.51. The fraction of sp³-hybridized carbons (Fsp3) is 0.154. The topological polar surface area (TPSA) is 80.1 Å². The van der Waals surface area contributed by atoms with Crippen LogP contribution in [-0.4, -0.2) is 18.0 Å². The predicted molar refractivity (Wildman–Crippen MR) is 75.9 cm³/mol. The Bertz CT molecular complexity index is 622. The smallest absolute Gasteiger partial charge is 0.272 e. The summed E-state index contributed by atoms with van der Waals surface area (Å²) in [6, 6.07) is 4.98. The van der Waals surface area contributed by atoms with Crippen LogP contribution < -0.4 is 15.8 Å². The summed E-state index contributed by atoms with van der Waals surface area (Å²) in [4.78, 5) is 14.8. The van der Waals surface area contributed by atoms with E-state index in [0.717, 1.165) is 5.56 Å². The number of carbonyl (C=O) groups is 1. The van der Waals surface area contributed by atoms with E-state index in [2.05, 4.69) is 10.3 Å². The van der Waals surface area contributed by atoms with Gasteiger partial charge in [-0.05, 0) is 24.6 Å². The van der Waals surface area contributed by atoms with Crippen molar-refractivity contribution in [3.05, 3.63) is 40.7 Å². The Hall–Kier alpha value is -2.14. The van der Waals surface area contributed by atoms with Crippen molar-refractivity contribution in [2.45, 2.75) is 6.92 Å². The fourth-order valence-corrected chi connectivity index (χ4v) is 1.82. The molecule has 1 aromatic carbocycles. The van der Waals surface area contributed by atoms with Crippen molar-refractivity contribution in [2.24, 2.45) is 0 Å². The highest BCUT2D eigenvalue weighted by Gasteiger charge is 2.12. The van der Waals surface area contributed by atoms with Crippen LogP contribution in [0.15, 0.2) is 24.4 Å². The number of aromatic amines is 1. The molecular weight excluding hydrogens is 266 g/mol. The summed E-state index contributed by atoms with van der Waals surface area (Å²) in [6.07, 6.45) is 1.55. The molecular formula is C13H14ClN3O2. The lowest BCUT2D eigenvalue weighted by atomic mass is 10.2. The third kappa shape index (κ3) is 2.82. The molecule has 0 atom stereocenters. The van der Waals surface area contributed by atoms with Crippen LogP contribution >= 0.6 is 11.6 Å². The maximum absolute atomic E-state index is 12.0. The molecule has 0 bridgehead atoms. The molecule has 0 aliphatic carbocycles. The van der Waals surface area contributed by atoms with Crippen molar-refractivity contribution in [2.75, 3.05) is 18.2 Å². The molecule has 1 amide bonds. The minimum Gasteiger partial charge on any atom is -0.495 e. The maximum atomic E-state index is 12.0. The van der Waals surface area contributed by atoms with Crippen LogP contribution in [-0.2, 0) is 0 Å². The van der Waals surface area contributed by atoms with E-state index in [4.69, 9.17) is 22.1 Å². The van der Waals surface area contributed by atoms with Crippen molar-refractivity contribution >= 4 is 28.9 Å². The van der Waals surface area contributed by atoms with E-state index in [1.54, 1.807) is 24.4 Å². The van der Waals surface area contributed by atoms with E-state index >= 15 is 0 Å². The van der Waals surface area contributed by atoms with Crippen molar-refractivity contribution in [1.82, 2.24) is 4.98 Å². The van der Waals surface area contributed by atoms with E-state index in [1.165, 1.54) is 7.11 Å². The summed E-state index contributed by atoms with van der Waals surface area (Å²) in [5, 5.41) is 3.33. The zero-order valence-electron chi connectivity index (χ0n) is 10.6. The number of ether oxygens (including phenoxy) is 1. The van der Waals surface area contributed by atoms with Gasteiger partial charge in [0.25, 0.3) is 5.91 Å². The van der Waals surface area contributed by atoms with E-state index in [0.29, 0.717) is 27.8 Å². The van der Waals surface area contributed by atoms with Crippen LogP contribution in [0.4, 0.5) is 11.4 Å². The van der Waals surface area contributed by atoms with Gasteiger partial charge in [-0.15, -0.1) is 0 Å². The Morgan fingerprint density at radius 2 is 2.16 bits per heavy atom. The molecule has 0 radical (unpaired) electrons. The van der Waals surface area contributed by atoms with Gasteiger partial charge in [0.15, 0.2) is 0 Å². The number of methoxy groups -OCH3 is 1. The van der Waals surface area contributed by atoms with Crippen LogP contribution in [0.5, 0.6) is 5.75 Å². The number of aryl methyl sites for hydroxylation is 1. The Labute approximate surface area is 115 Å². The fourth-order valence-electron chi connectivity index (χ4n) is 1.66. The molecule has 0 saturated heterocycles. The number of nitrogens with two attached hydrogens (primary N) is 1. The zero-order chi connectivity index (χ0) is 14.0. The summed E-state index contributed by atoms with van der Waals surface area (Å²) in [6.45, 7) is 1.85. The average molecular weight is 280 g/mol. The molecule has 1 heterocycles. The molecule has 0 aliphatic heterocycles. The van der Waals surface area contributed by atoms with E-state index in [1.807, 2.05) is 6.92 Å². The molecule has 100 valence electrons. The lowest BCUT2D eigenvalue weighted by Crippen LogP contribution is -2.13. The molecule has 4 N–H and O–H groups in total. The first kappa shape index (κ1) is 13.3. The van der Waals surface area contributed by atoms with Gasteiger partial charge in [0.05, 0.1) is 12.8 Å². The van der Waals surface area contributed by atoms with Crippen LogP contribution in [0.25, 0.3) is 0 Å². The third-order valence-corrected chi connectivity index (χ3v) is 3.09. The standard InChI is InChI=1S/C13H14ClN3O2/c1-7-3-10(12(19-2)5-9(7)14)17-13(18)11-4-8(15)6-16-11/h3-6,16H,15H2,1-2H3,(H,17,18). The summed E-state index contributed by atoms with van der Waals surface area (Å²) >= 11 is 6.01. The lowest BCUT2D eigenvalue weighted by Gasteiger charge is -2.11. The first-order valence-electron chi connectivity index (χ1n) is 5.60. The van der Waals surface area contributed by atoms with E-state index < -0.39 is 0 Å². The van der Waals surface area contributed by atoms with Gasteiger partial charge < -0.3 is 20.8 Å². The van der Waals surface area contributed by atoms with E-state index in [-0.39, 0.29) is 5.91 Å². The Morgan fingerprint density at radius 3 is 2.74 bits per heavy atom. The number of carbonyl (C=O) groups excluding carboxylic acids is 1. The molecule has 0 unspecified atom stereocenters. The molecule has 0 fully saturated rings. The number of halogens is 1. The lowest BCUT2D eigenvalue weighted by molar-refractivity contribution is 0.102. The Kier molecular flexibility index (Phi) is 3.66. The first-order chi connectivity index (χ1) is 9.01. The predicted octanol–water partition coefficient (Wildman–Crippen LogP) is 2.82. The quantitative estimate of drug-likeness (QED) is 0.808. The molecule has 1 aromatic heterocycles. The highest BCUT2D eigenvalue weighted by atomic mass is 35.5. The van der Waals surface area contributed by atoms with Crippen molar-refractivity contribution in [3.8, 4) is 5.75 Å². The minimum atomic E-state index is -0.295. The number of nitrogen functional groups attached to an aromatic ring is 1. The van der Waals surface area contributed by atoms with E-state index in [9.17, 15) is 4.79 Å². The molecule has 2 rings (SSSR count). The van der Waals surface area contributed by atoms with Gasteiger partial charge in [-0.3, -0.25) is 4.79 Å². The summed E-state index contributed by atoms with van der Waals surface area (Å²) in [5.41, 5.74) is 7.85. The monoisotopic (exact) mass is 279 g/mol.